The van der Waals surface area contributed by atoms with Gasteiger partial charge in [-0.05, 0) is 38.1 Å². The highest BCUT2D eigenvalue weighted by atomic mass is 16.3. The Balaban J connectivity index is 2.07. The predicted octanol–water partition coefficient (Wildman–Crippen LogP) is 1.40. The summed E-state index contributed by atoms with van der Waals surface area (Å²) in [5, 5.41) is 12.5. The van der Waals surface area contributed by atoms with Crippen molar-refractivity contribution in [3.63, 3.8) is 0 Å². The fourth-order valence-corrected chi connectivity index (χ4v) is 2.19. The highest BCUT2D eigenvalue weighted by Crippen LogP contribution is 2.30. The molecule has 0 spiro atoms. The van der Waals surface area contributed by atoms with Crippen LogP contribution in [0.15, 0.2) is 0 Å². The second kappa shape index (κ2) is 6.86. The van der Waals surface area contributed by atoms with Gasteiger partial charge in [-0.3, -0.25) is 0 Å². The molecule has 0 amide bonds. The van der Waals surface area contributed by atoms with Gasteiger partial charge in [0.15, 0.2) is 0 Å². The van der Waals surface area contributed by atoms with Gasteiger partial charge in [-0.2, -0.15) is 0 Å². The highest BCUT2D eigenvalue weighted by molar-refractivity contribution is 4.95. The third kappa shape index (κ3) is 3.69. The maximum Gasteiger partial charge on any atom is 0.0462 e. The summed E-state index contributed by atoms with van der Waals surface area (Å²) in [4.78, 5) is 0. The lowest BCUT2D eigenvalue weighted by Gasteiger charge is -2.17. The minimum absolute atomic E-state index is 0.362. The van der Waals surface area contributed by atoms with Gasteiger partial charge in [0.1, 0.15) is 0 Å². The molecule has 2 nitrogen and oxygen atoms in total. The summed E-state index contributed by atoms with van der Waals surface area (Å²) >= 11 is 0. The van der Waals surface area contributed by atoms with E-state index in [-0.39, 0.29) is 0 Å². The molecule has 2 heteroatoms. The summed E-state index contributed by atoms with van der Waals surface area (Å²) in [5.74, 6) is 7.15. The van der Waals surface area contributed by atoms with E-state index < -0.39 is 0 Å². The molecule has 0 bridgehead atoms. The van der Waals surface area contributed by atoms with E-state index in [2.05, 4.69) is 17.2 Å². The molecule has 2 N–H and O–H groups in total. The van der Waals surface area contributed by atoms with Gasteiger partial charge < -0.3 is 10.4 Å². The molecule has 1 rings (SSSR count). The molecule has 0 aromatic heterocycles. The van der Waals surface area contributed by atoms with Crippen molar-refractivity contribution < 1.29 is 5.11 Å². The predicted molar refractivity (Wildman–Crippen MR) is 58.9 cm³/mol. The molecule has 14 heavy (non-hydrogen) atoms. The maximum absolute atomic E-state index is 9.13. The summed E-state index contributed by atoms with van der Waals surface area (Å²) in [7, 11) is 0. The van der Waals surface area contributed by atoms with Crippen molar-refractivity contribution >= 4 is 0 Å². The average Bonchev–Trinajstić information content (AvgIpc) is 2.65. The zero-order valence-electron chi connectivity index (χ0n) is 9.05. The standard InChI is InChI=1S/C12H21NO/c1-2-3-4-8-13-9-11-6-5-7-12(11)10-14/h11-14H,4-10H2,1H3. The molecule has 0 saturated heterocycles. The molecule has 1 aliphatic carbocycles. The van der Waals surface area contributed by atoms with Gasteiger partial charge in [-0.15, -0.1) is 11.8 Å². The van der Waals surface area contributed by atoms with Gasteiger partial charge in [-0.1, -0.05) is 6.42 Å². The van der Waals surface area contributed by atoms with Crippen molar-refractivity contribution in [1.29, 1.82) is 0 Å². The number of hydrogen-bond acceptors (Lipinski definition) is 2. The molecular formula is C12H21NO. The van der Waals surface area contributed by atoms with Crippen LogP contribution in [-0.2, 0) is 0 Å². The molecule has 80 valence electrons. The fourth-order valence-electron chi connectivity index (χ4n) is 2.19. The molecule has 1 fully saturated rings. The largest absolute Gasteiger partial charge is 0.396 e. The van der Waals surface area contributed by atoms with E-state index in [4.69, 9.17) is 5.11 Å². The summed E-state index contributed by atoms with van der Waals surface area (Å²) in [6.45, 7) is 4.27. The molecule has 1 aliphatic rings. The number of aliphatic hydroxyl groups excluding tert-OH is 1. The average molecular weight is 195 g/mol. The molecule has 0 heterocycles. The molecule has 0 radical (unpaired) electrons. The van der Waals surface area contributed by atoms with Crippen LogP contribution in [0.25, 0.3) is 0 Å². The summed E-state index contributed by atoms with van der Waals surface area (Å²) in [6.07, 6.45) is 4.70. The van der Waals surface area contributed by atoms with Crippen molar-refractivity contribution in [1.82, 2.24) is 5.32 Å². The third-order valence-corrected chi connectivity index (χ3v) is 3.06. The third-order valence-electron chi connectivity index (χ3n) is 3.06. The van der Waals surface area contributed by atoms with Crippen LogP contribution in [0.1, 0.15) is 32.6 Å². The second-order valence-electron chi connectivity index (χ2n) is 4.01. The number of hydrogen-bond donors (Lipinski definition) is 2. The molecule has 1 saturated carbocycles. The normalized spacial score (nSPS) is 25.9. The number of nitrogens with one attached hydrogen (secondary N) is 1. The first-order valence-electron chi connectivity index (χ1n) is 5.59. The molecule has 0 aromatic rings. The first-order chi connectivity index (χ1) is 6.88. The molecule has 2 unspecified atom stereocenters. The Kier molecular flexibility index (Phi) is 5.66. The van der Waals surface area contributed by atoms with Gasteiger partial charge >= 0.3 is 0 Å². The molecule has 0 aliphatic heterocycles. The van der Waals surface area contributed by atoms with Crippen LogP contribution in [-0.4, -0.2) is 24.8 Å². The number of aliphatic hydroxyl groups is 1. The number of rotatable bonds is 5. The SMILES string of the molecule is CC#CCCNCC1CCCC1CO. The summed E-state index contributed by atoms with van der Waals surface area (Å²) in [6, 6.07) is 0. The van der Waals surface area contributed by atoms with Gasteiger partial charge in [0.05, 0.1) is 0 Å². The highest BCUT2D eigenvalue weighted by Gasteiger charge is 2.25. The Hall–Kier alpha value is -0.520. The maximum atomic E-state index is 9.13. The molecule has 2 atom stereocenters. The van der Waals surface area contributed by atoms with Crippen LogP contribution in [0, 0.1) is 23.7 Å². The van der Waals surface area contributed by atoms with Crippen LogP contribution in [0.5, 0.6) is 0 Å². The van der Waals surface area contributed by atoms with Crippen molar-refractivity contribution in [3.8, 4) is 11.8 Å². The minimum Gasteiger partial charge on any atom is -0.396 e. The van der Waals surface area contributed by atoms with E-state index >= 15 is 0 Å². The van der Waals surface area contributed by atoms with Crippen molar-refractivity contribution in [2.24, 2.45) is 11.8 Å². The van der Waals surface area contributed by atoms with E-state index in [1.165, 1.54) is 19.3 Å². The zero-order valence-corrected chi connectivity index (χ0v) is 9.05. The van der Waals surface area contributed by atoms with Gasteiger partial charge in [0.25, 0.3) is 0 Å². The monoisotopic (exact) mass is 195 g/mol. The van der Waals surface area contributed by atoms with E-state index in [9.17, 15) is 0 Å². The van der Waals surface area contributed by atoms with Crippen molar-refractivity contribution in [2.45, 2.75) is 32.6 Å². The summed E-state index contributed by atoms with van der Waals surface area (Å²) in [5.41, 5.74) is 0. The Morgan fingerprint density at radius 2 is 2.14 bits per heavy atom. The molecular weight excluding hydrogens is 174 g/mol. The molecule has 0 aromatic carbocycles. The van der Waals surface area contributed by atoms with Gasteiger partial charge in [-0.25, -0.2) is 0 Å². The Labute approximate surface area is 87.1 Å². The Morgan fingerprint density at radius 1 is 1.36 bits per heavy atom. The first-order valence-corrected chi connectivity index (χ1v) is 5.59. The lowest BCUT2D eigenvalue weighted by molar-refractivity contribution is 0.192. The fraction of sp³-hybridized carbons (Fsp3) is 0.833. The lowest BCUT2D eigenvalue weighted by Crippen LogP contribution is -2.27. The Morgan fingerprint density at radius 3 is 2.86 bits per heavy atom. The van der Waals surface area contributed by atoms with Crippen LogP contribution in [0.2, 0.25) is 0 Å². The van der Waals surface area contributed by atoms with Crippen LogP contribution < -0.4 is 5.32 Å². The lowest BCUT2D eigenvalue weighted by atomic mass is 9.97. The summed E-state index contributed by atoms with van der Waals surface area (Å²) < 4.78 is 0. The van der Waals surface area contributed by atoms with Gasteiger partial charge in [0.2, 0.25) is 0 Å². The van der Waals surface area contributed by atoms with E-state index in [0.29, 0.717) is 18.4 Å². The van der Waals surface area contributed by atoms with Crippen molar-refractivity contribution in [2.75, 3.05) is 19.7 Å². The quantitative estimate of drug-likeness (QED) is 0.513. The smallest absolute Gasteiger partial charge is 0.0462 e. The van der Waals surface area contributed by atoms with E-state index in [0.717, 1.165) is 19.5 Å². The van der Waals surface area contributed by atoms with Gasteiger partial charge in [0, 0.05) is 19.6 Å². The first kappa shape index (κ1) is 11.6. The van der Waals surface area contributed by atoms with E-state index in [1.54, 1.807) is 0 Å². The van der Waals surface area contributed by atoms with Crippen LogP contribution in [0.3, 0.4) is 0 Å². The topological polar surface area (TPSA) is 32.3 Å². The Bertz CT molecular complexity index is 204. The van der Waals surface area contributed by atoms with E-state index in [1.807, 2.05) is 6.92 Å². The zero-order chi connectivity index (χ0) is 10.2. The minimum atomic E-state index is 0.362. The van der Waals surface area contributed by atoms with Crippen LogP contribution >= 0.6 is 0 Å². The van der Waals surface area contributed by atoms with Crippen LogP contribution in [0.4, 0.5) is 0 Å². The van der Waals surface area contributed by atoms with Crippen molar-refractivity contribution in [3.05, 3.63) is 0 Å². The second-order valence-corrected chi connectivity index (χ2v) is 4.01.